The van der Waals surface area contributed by atoms with Crippen molar-refractivity contribution in [3.8, 4) is 12.3 Å². The highest BCUT2D eigenvalue weighted by Crippen LogP contribution is 2.12. The van der Waals surface area contributed by atoms with Crippen molar-refractivity contribution in [2.75, 3.05) is 0 Å². The van der Waals surface area contributed by atoms with Crippen molar-refractivity contribution in [3.63, 3.8) is 0 Å². The van der Waals surface area contributed by atoms with Crippen molar-refractivity contribution in [2.24, 2.45) is 0 Å². The van der Waals surface area contributed by atoms with Crippen molar-refractivity contribution >= 4 is 23.2 Å². The molecule has 0 fully saturated rings. The zero-order valence-corrected chi connectivity index (χ0v) is 23.1. The van der Waals surface area contributed by atoms with Crippen molar-refractivity contribution in [1.29, 1.82) is 0 Å². The van der Waals surface area contributed by atoms with Gasteiger partial charge in [0.2, 0.25) is 0 Å². The lowest BCUT2D eigenvalue weighted by molar-refractivity contribution is 0.921. The number of rotatable bonds is 3. The zero-order chi connectivity index (χ0) is 25.5. The Kier molecular flexibility index (Phi) is 27.2. The first-order valence-electron chi connectivity index (χ1n) is 11.8. The van der Waals surface area contributed by atoms with Crippen LogP contribution >= 0.6 is 23.2 Å². The first-order valence-corrected chi connectivity index (χ1v) is 12.5. The van der Waals surface area contributed by atoms with Crippen LogP contribution in [0.1, 0.15) is 76.6 Å². The molecule has 3 aromatic carbocycles. The lowest BCUT2D eigenvalue weighted by Gasteiger charge is -1.97. The Labute approximate surface area is 221 Å². The monoisotopic (exact) mass is 500 g/mol. The molecular weight excluding hydrogens is 455 g/mol. The number of hydrogen-bond acceptors (Lipinski definition) is 0. The van der Waals surface area contributed by atoms with Crippen LogP contribution in [-0.4, -0.2) is 0 Å². The van der Waals surface area contributed by atoms with Gasteiger partial charge in [-0.25, -0.2) is 0 Å². The molecule has 0 unspecified atom stereocenters. The maximum atomic E-state index is 5.71. The molecule has 0 heterocycles. The molecule has 3 rings (SSSR count). The molecule has 0 saturated carbocycles. The Hall–Kier alpha value is -2.20. The lowest BCUT2D eigenvalue weighted by Crippen LogP contribution is -1.81. The van der Waals surface area contributed by atoms with Gasteiger partial charge >= 0.3 is 0 Å². The molecule has 0 aliphatic carbocycles. The normalized spacial score (nSPS) is 8.35. The largest absolute Gasteiger partial charge is 0.120 e. The van der Waals surface area contributed by atoms with Gasteiger partial charge in [0.25, 0.3) is 0 Å². The molecule has 0 atom stereocenters. The van der Waals surface area contributed by atoms with Gasteiger partial charge in [-0.2, -0.15) is 0 Å². The van der Waals surface area contributed by atoms with E-state index >= 15 is 0 Å². The minimum absolute atomic E-state index is 0. The molecule has 0 aromatic heterocycles. The topological polar surface area (TPSA) is 0 Å². The summed E-state index contributed by atoms with van der Waals surface area (Å²) in [5, 5.41) is 1.64. The van der Waals surface area contributed by atoms with Crippen molar-refractivity contribution in [3.05, 3.63) is 105 Å². The Bertz CT molecular complexity index is 815. The van der Waals surface area contributed by atoms with E-state index in [1.807, 2.05) is 76.2 Å². The number of unbranched alkanes of at least 4 members (excludes halogenated alkanes) is 1. The summed E-state index contributed by atoms with van der Waals surface area (Å²) in [6.45, 7) is 14.4. The molecule has 0 N–H and O–H groups in total. The van der Waals surface area contributed by atoms with Crippen LogP contribution in [0.15, 0.2) is 72.8 Å². The Morgan fingerprint density at radius 1 is 0.706 bits per heavy atom. The van der Waals surface area contributed by atoms with Crippen LogP contribution in [-0.2, 0) is 6.42 Å². The fourth-order valence-electron chi connectivity index (χ4n) is 2.27. The van der Waals surface area contributed by atoms with E-state index in [1.165, 1.54) is 29.5 Å². The number of benzene rings is 3. The van der Waals surface area contributed by atoms with E-state index in [-0.39, 0.29) is 7.43 Å². The molecule has 188 valence electrons. The maximum Gasteiger partial charge on any atom is 0.0435 e. The third-order valence-corrected chi connectivity index (χ3v) is 4.82. The third kappa shape index (κ3) is 21.6. The standard InChI is InChI=1S/C10H14.2C7H7Cl.C5H8.C2H6.CH4/c1-3-4-10-7-5-9(2)6-8-10;1-6-2-4-7(8)5-3-6;1-6-4-2-3-5-7(6)8;1-3-5-4-2;1-2;/h5-8H,3-4H2,1-2H3;2*2-5H,1H3;1H,4-5H2,2H3;1-2H3;1H4. The fraction of sp³-hybridized carbons (Fsp3) is 0.375. The minimum atomic E-state index is 0. The van der Waals surface area contributed by atoms with Gasteiger partial charge < -0.3 is 0 Å². The molecule has 0 aliphatic rings. The number of terminal acetylenes is 1. The lowest BCUT2D eigenvalue weighted by atomic mass is 10.1. The zero-order valence-electron chi connectivity index (χ0n) is 21.6. The predicted molar refractivity (Wildman–Crippen MR) is 159 cm³/mol. The SMILES string of the molecule is C.C#CCCC.CC.CCCc1ccc(C)cc1.Cc1ccc(Cl)cc1.Cc1ccccc1Cl. The molecule has 2 heteroatoms. The minimum Gasteiger partial charge on any atom is -0.120 e. The highest BCUT2D eigenvalue weighted by molar-refractivity contribution is 6.31. The first-order chi connectivity index (χ1) is 15.8. The number of hydrogen-bond donors (Lipinski definition) is 0. The summed E-state index contributed by atoms with van der Waals surface area (Å²) in [4.78, 5) is 0. The van der Waals surface area contributed by atoms with Crippen LogP contribution in [0, 0.1) is 33.1 Å². The summed E-state index contributed by atoms with van der Waals surface area (Å²) in [6.07, 6.45) is 9.36. The quantitative estimate of drug-likeness (QED) is 0.313. The van der Waals surface area contributed by atoms with Crippen molar-refractivity contribution in [2.45, 2.75) is 81.6 Å². The van der Waals surface area contributed by atoms with Gasteiger partial charge in [0.05, 0.1) is 0 Å². The van der Waals surface area contributed by atoms with E-state index in [9.17, 15) is 0 Å². The summed E-state index contributed by atoms with van der Waals surface area (Å²) in [5.41, 5.74) is 5.18. The summed E-state index contributed by atoms with van der Waals surface area (Å²) in [7, 11) is 0. The van der Waals surface area contributed by atoms with Gasteiger partial charge in [0.1, 0.15) is 0 Å². The molecule has 0 bridgehead atoms. The van der Waals surface area contributed by atoms with Crippen LogP contribution < -0.4 is 0 Å². The van der Waals surface area contributed by atoms with E-state index in [2.05, 4.69) is 51.0 Å². The van der Waals surface area contributed by atoms with Crippen molar-refractivity contribution < 1.29 is 0 Å². The highest BCUT2D eigenvalue weighted by atomic mass is 35.5. The van der Waals surface area contributed by atoms with Crippen LogP contribution in [0.4, 0.5) is 0 Å². The van der Waals surface area contributed by atoms with E-state index in [0.717, 1.165) is 28.5 Å². The summed E-state index contributed by atoms with van der Waals surface area (Å²) < 4.78 is 0. The third-order valence-electron chi connectivity index (χ3n) is 4.14. The molecule has 0 nitrogen and oxygen atoms in total. The first kappa shape index (κ1) is 36.4. The fourth-order valence-corrected chi connectivity index (χ4v) is 2.53. The summed E-state index contributed by atoms with van der Waals surface area (Å²) in [5.74, 6) is 2.52. The van der Waals surface area contributed by atoms with Gasteiger partial charge in [-0.3, -0.25) is 0 Å². The van der Waals surface area contributed by atoms with Crippen LogP contribution in [0.5, 0.6) is 0 Å². The van der Waals surface area contributed by atoms with Crippen LogP contribution in [0.25, 0.3) is 0 Å². The van der Waals surface area contributed by atoms with E-state index < -0.39 is 0 Å². The molecular formula is C32H46Cl2. The van der Waals surface area contributed by atoms with E-state index in [0.29, 0.717) is 0 Å². The predicted octanol–water partition coefficient (Wildman–Crippen LogP) is 11.3. The van der Waals surface area contributed by atoms with Gasteiger partial charge in [0.15, 0.2) is 0 Å². The summed E-state index contributed by atoms with van der Waals surface area (Å²) >= 11 is 11.3. The molecule has 34 heavy (non-hydrogen) atoms. The maximum absolute atomic E-state index is 5.71. The van der Waals surface area contributed by atoms with Gasteiger partial charge in [-0.15, -0.1) is 12.3 Å². The second kappa shape index (κ2) is 25.4. The van der Waals surface area contributed by atoms with E-state index in [4.69, 9.17) is 29.6 Å². The molecule has 0 amide bonds. The molecule has 0 saturated heterocycles. The number of aryl methyl sites for hydroxylation is 4. The van der Waals surface area contributed by atoms with Gasteiger partial charge in [0, 0.05) is 16.5 Å². The van der Waals surface area contributed by atoms with Crippen molar-refractivity contribution in [1.82, 2.24) is 0 Å². The Morgan fingerprint density at radius 3 is 1.47 bits per heavy atom. The van der Waals surface area contributed by atoms with Gasteiger partial charge in [-0.05, 0) is 62.9 Å². The average Bonchev–Trinajstić information content (AvgIpc) is 2.83. The Balaban J connectivity index is -0.000000372. The second-order valence-corrected chi connectivity index (χ2v) is 8.08. The number of halogens is 2. The second-order valence-electron chi connectivity index (χ2n) is 7.23. The molecule has 0 spiro atoms. The highest BCUT2D eigenvalue weighted by Gasteiger charge is 1.88. The smallest absolute Gasteiger partial charge is 0.0435 e. The van der Waals surface area contributed by atoms with Gasteiger partial charge in [-0.1, -0.05) is 130 Å². The van der Waals surface area contributed by atoms with E-state index in [1.54, 1.807) is 0 Å². The van der Waals surface area contributed by atoms with Crippen LogP contribution in [0.2, 0.25) is 10.0 Å². The average molecular weight is 502 g/mol. The Morgan fingerprint density at radius 2 is 1.18 bits per heavy atom. The molecule has 0 aliphatic heterocycles. The molecule has 0 radical (unpaired) electrons. The van der Waals surface area contributed by atoms with Crippen LogP contribution in [0.3, 0.4) is 0 Å². The summed E-state index contributed by atoms with van der Waals surface area (Å²) in [6, 6.07) is 24.3. The molecule has 3 aromatic rings.